The quantitative estimate of drug-likeness (QED) is 0.779. The molecule has 100 valence electrons. The first-order valence-electron chi connectivity index (χ1n) is 6.49. The molecule has 3 rings (SSSR count). The molecule has 0 bridgehead atoms. The number of aromatic nitrogens is 1. The van der Waals surface area contributed by atoms with Crippen molar-refractivity contribution in [2.75, 3.05) is 0 Å². The van der Waals surface area contributed by atoms with Crippen molar-refractivity contribution in [1.82, 2.24) is 4.98 Å². The van der Waals surface area contributed by atoms with Crippen molar-refractivity contribution < 1.29 is 5.11 Å². The van der Waals surface area contributed by atoms with Crippen LogP contribution in [-0.2, 0) is 6.42 Å². The Morgan fingerprint density at radius 3 is 2.80 bits per heavy atom. The summed E-state index contributed by atoms with van der Waals surface area (Å²) < 4.78 is 1.03. The molecule has 0 radical (unpaired) electrons. The van der Waals surface area contributed by atoms with Crippen LogP contribution in [0.4, 0.5) is 0 Å². The molecular weight excluding hydrogens is 314 g/mol. The highest BCUT2D eigenvalue weighted by atomic mass is 79.9. The average molecular weight is 328 g/mol. The van der Waals surface area contributed by atoms with Crippen LogP contribution in [0.15, 0.2) is 65.3 Å². The van der Waals surface area contributed by atoms with Crippen molar-refractivity contribution in [1.29, 1.82) is 0 Å². The fourth-order valence-corrected chi connectivity index (χ4v) is 2.74. The molecular formula is C17H14BrNO. The second-order valence-corrected chi connectivity index (χ2v) is 5.72. The van der Waals surface area contributed by atoms with Gasteiger partial charge >= 0.3 is 0 Å². The standard InChI is InChI=1S/C17H14BrNO/c18-15-5-1-3-12(9-15)10-17(20)14-7-6-13-4-2-8-19-16(13)11-14/h1-9,11,17,20H,10H2. The molecule has 1 unspecified atom stereocenters. The summed E-state index contributed by atoms with van der Waals surface area (Å²) in [6.07, 6.45) is 1.85. The second-order valence-electron chi connectivity index (χ2n) is 4.81. The molecule has 0 amide bonds. The maximum absolute atomic E-state index is 10.4. The van der Waals surface area contributed by atoms with Gasteiger partial charge in [-0.25, -0.2) is 0 Å². The van der Waals surface area contributed by atoms with Gasteiger partial charge in [0, 0.05) is 22.5 Å². The van der Waals surface area contributed by atoms with Crippen LogP contribution in [0.3, 0.4) is 0 Å². The monoisotopic (exact) mass is 327 g/mol. The van der Waals surface area contributed by atoms with Crippen molar-refractivity contribution in [2.45, 2.75) is 12.5 Å². The Labute approximate surface area is 126 Å². The Morgan fingerprint density at radius 1 is 1.05 bits per heavy atom. The molecule has 20 heavy (non-hydrogen) atoms. The van der Waals surface area contributed by atoms with E-state index in [1.165, 1.54) is 0 Å². The van der Waals surface area contributed by atoms with Crippen LogP contribution in [0, 0.1) is 0 Å². The SMILES string of the molecule is OC(Cc1cccc(Br)c1)c1ccc2cccnc2c1. The number of hydrogen-bond acceptors (Lipinski definition) is 2. The first kappa shape index (κ1) is 13.3. The normalized spacial score (nSPS) is 12.5. The van der Waals surface area contributed by atoms with Crippen molar-refractivity contribution in [3.05, 3.63) is 76.4 Å². The van der Waals surface area contributed by atoms with Gasteiger partial charge in [-0.15, -0.1) is 0 Å². The fourth-order valence-electron chi connectivity index (χ4n) is 2.30. The van der Waals surface area contributed by atoms with Gasteiger partial charge < -0.3 is 5.11 Å². The van der Waals surface area contributed by atoms with E-state index in [0.717, 1.165) is 26.5 Å². The molecule has 0 saturated heterocycles. The van der Waals surface area contributed by atoms with E-state index in [1.807, 2.05) is 54.6 Å². The summed E-state index contributed by atoms with van der Waals surface area (Å²) in [7, 11) is 0. The number of nitrogens with zero attached hydrogens (tertiary/aromatic N) is 1. The molecule has 0 saturated carbocycles. The largest absolute Gasteiger partial charge is 0.388 e. The van der Waals surface area contributed by atoms with Crippen LogP contribution in [0.25, 0.3) is 10.9 Å². The lowest BCUT2D eigenvalue weighted by Crippen LogP contribution is -2.02. The first-order valence-corrected chi connectivity index (χ1v) is 7.29. The first-order chi connectivity index (χ1) is 9.72. The number of halogens is 1. The number of fused-ring (bicyclic) bond motifs is 1. The van der Waals surface area contributed by atoms with Crippen molar-refractivity contribution >= 4 is 26.8 Å². The minimum atomic E-state index is -0.518. The highest BCUT2D eigenvalue weighted by Gasteiger charge is 2.09. The van der Waals surface area contributed by atoms with Crippen molar-refractivity contribution in [3.63, 3.8) is 0 Å². The van der Waals surface area contributed by atoms with Gasteiger partial charge in [-0.3, -0.25) is 4.98 Å². The molecule has 2 aromatic carbocycles. The molecule has 1 heterocycles. The number of aliphatic hydroxyl groups excluding tert-OH is 1. The molecule has 3 aromatic rings. The molecule has 3 heteroatoms. The molecule has 2 nitrogen and oxygen atoms in total. The third kappa shape index (κ3) is 2.89. The van der Waals surface area contributed by atoms with Gasteiger partial charge in [0.05, 0.1) is 11.6 Å². The second kappa shape index (κ2) is 5.73. The van der Waals surface area contributed by atoms with E-state index in [-0.39, 0.29) is 0 Å². The number of hydrogen-bond donors (Lipinski definition) is 1. The highest BCUT2D eigenvalue weighted by Crippen LogP contribution is 2.23. The van der Waals surface area contributed by atoms with E-state index in [0.29, 0.717) is 6.42 Å². The van der Waals surface area contributed by atoms with E-state index in [2.05, 4.69) is 20.9 Å². The summed E-state index contributed by atoms with van der Waals surface area (Å²) in [6.45, 7) is 0. The topological polar surface area (TPSA) is 33.1 Å². The summed E-state index contributed by atoms with van der Waals surface area (Å²) in [5.41, 5.74) is 2.92. The Kier molecular flexibility index (Phi) is 3.81. The predicted molar refractivity (Wildman–Crippen MR) is 84.5 cm³/mol. The molecule has 0 spiro atoms. The van der Waals surface area contributed by atoms with Crippen LogP contribution < -0.4 is 0 Å². The Hall–Kier alpha value is -1.71. The molecule has 1 N–H and O–H groups in total. The minimum absolute atomic E-state index is 0.518. The molecule has 0 aliphatic carbocycles. The Bertz CT molecular complexity index is 742. The van der Waals surface area contributed by atoms with Gasteiger partial charge in [-0.2, -0.15) is 0 Å². The molecule has 1 atom stereocenters. The van der Waals surface area contributed by atoms with Crippen LogP contribution >= 0.6 is 15.9 Å². The van der Waals surface area contributed by atoms with Crippen molar-refractivity contribution in [3.8, 4) is 0 Å². The van der Waals surface area contributed by atoms with E-state index in [1.54, 1.807) is 6.20 Å². The number of rotatable bonds is 3. The zero-order chi connectivity index (χ0) is 13.9. The number of aliphatic hydroxyl groups is 1. The summed E-state index contributed by atoms with van der Waals surface area (Å²) in [4.78, 5) is 4.33. The van der Waals surface area contributed by atoms with E-state index in [9.17, 15) is 5.11 Å². The van der Waals surface area contributed by atoms with Gasteiger partial charge in [-0.05, 0) is 35.4 Å². The van der Waals surface area contributed by atoms with E-state index in [4.69, 9.17) is 0 Å². The Balaban J connectivity index is 1.86. The number of benzene rings is 2. The number of pyridine rings is 1. The molecule has 1 aromatic heterocycles. The van der Waals surface area contributed by atoms with Gasteiger partial charge in [0.25, 0.3) is 0 Å². The maximum atomic E-state index is 10.4. The predicted octanol–water partition coefficient (Wildman–Crippen LogP) is 4.27. The fraction of sp³-hybridized carbons (Fsp3) is 0.118. The lowest BCUT2D eigenvalue weighted by atomic mass is 10.0. The van der Waals surface area contributed by atoms with Gasteiger partial charge in [0.2, 0.25) is 0 Å². The lowest BCUT2D eigenvalue weighted by molar-refractivity contribution is 0.178. The third-order valence-corrected chi connectivity index (χ3v) is 3.83. The third-order valence-electron chi connectivity index (χ3n) is 3.33. The van der Waals surface area contributed by atoms with Crippen molar-refractivity contribution in [2.24, 2.45) is 0 Å². The van der Waals surface area contributed by atoms with Crippen LogP contribution in [0.2, 0.25) is 0 Å². The summed E-state index contributed by atoms with van der Waals surface area (Å²) >= 11 is 3.45. The summed E-state index contributed by atoms with van der Waals surface area (Å²) in [5, 5.41) is 11.5. The molecule has 0 aliphatic heterocycles. The minimum Gasteiger partial charge on any atom is -0.388 e. The summed E-state index contributed by atoms with van der Waals surface area (Å²) in [5.74, 6) is 0. The van der Waals surface area contributed by atoms with Gasteiger partial charge in [0.1, 0.15) is 0 Å². The zero-order valence-corrected chi connectivity index (χ0v) is 12.4. The van der Waals surface area contributed by atoms with Crippen LogP contribution in [0.5, 0.6) is 0 Å². The lowest BCUT2D eigenvalue weighted by Gasteiger charge is -2.12. The Morgan fingerprint density at radius 2 is 1.95 bits per heavy atom. The van der Waals surface area contributed by atoms with E-state index < -0.39 is 6.10 Å². The zero-order valence-electron chi connectivity index (χ0n) is 10.8. The van der Waals surface area contributed by atoms with Gasteiger partial charge in [0.15, 0.2) is 0 Å². The van der Waals surface area contributed by atoms with Crippen LogP contribution in [0.1, 0.15) is 17.2 Å². The highest BCUT2D eigenvalue weighted by molar-refractivity contribution is 9.10. The molecule has 0 aliphatic rings. The van der Waals surface area contributed by atoms with Gasteiger partial charge in [-0.1, -0.05) is 46.3 Å². The maximum Gasteiger partial charge on any atom is 0.0831 e. The smallest absolute Gasteiger partial charge is 0.0831 e. The average Bonchev–Trinajstić information content (AvgIpc) is 2.47. The summed E-state index contributed by atoms with van der Waals surface area (Å²) in [6, 6.07) is 17.9. The molecule has 0 fully saturated rings. The van der Waals surface area contributed by atoms with E-state index >= 15 is 0 Å². The van der Waals surface area contributed by atoms with Crippen LogP contribution in [-0.4, -0.2) is 10.1 Å².